The predicted octanol–water partition coefficient (Wildman–Crippen LogP) is 4.23. The van der Waals surface area contributed by atoms with Gasteiger partial charge in [-0.05, 0) is 57.9 Å². The lowest BCUT2D eigenvalue weighted by molar-refractivity contribution is -0.116. The molecule has 0 amide bonds. The number of aryl methyl sites for hydroxylation is 3. The number of hydrogen-bond donors (Lipinski definition) is 0. The third-order valence-corrected chi connectivity index (χ3v) is 4.44. The maximum absolute atomic E-state index is 11.4. The van der Waals surface area contributed by atoms with E-state index < -0.39 is 0 Å². The molecule has 0 radical (unpaired) electrons. The summed E-state index contributed by atoms with van der Waals surface area (Å²) in [4.78, 5) is 16.1. The second kappa shape index (κ2) is 5.33. The van der Waals surface area contributed by atoms with Crippen molar-refractivity contribution in [1.82, 2.24) is 4.98 Å². The predicted molar refractivity (Wildman–Crippen MR) is 82.0 cm³/mol. The van der Waals surface area contributed by atoms with Crippen molar-refractivity contribution >= 4 is 28.4 Å². The first-order valence-electron chi connectivity index (χ1n) is 6.44. The molecule has 0 saturated heterocycles. The lowest BCUT2D eigenvalue weighted by atomic mass is 10.0. The molecule has 1 atom stereocenters. The maximum atomic E-state index is 11.4. The number of benzene rings is 1. The Morgan fingerprint density at radius 1 is 1.16 bits per heavy atom. The monoisotopic (exact) mass is 273 g/mol. The molecule has 1 aromatic carbocycles. The van der Waals surface area contributed by atoms with Gasteiger partial charge in [-0.1, -0.05) is 23.4 Å². The second-order valence-corrected chi connectivity index (χ2v) is 6.49. The summed E-state index contributed by atoms with van der Waals surface area (Å²) in [7, 11) is 0. The summed E-state index contributed by atoms with van der Waals surface area (Å²) < 4.78 is 0. The van der Waals surface area contributed by atoms with E-state index in [0.717, 1.165) is 10.5 Å². The number of carbonyl (C=O) groups is 1. The van der Waals surface area contributed by atoms with Crippen LogP contribution in [-0.4, -0.2) is 16.0 Å². The molecule has 1 unspecified atom stereocenters. The zero-order chi connectivity index (χ0) is 14.2. The molecule has 0 aliphatic heterocycles. The Labute approximate surface area is 118 Å². The quantitative estimate of drug-likeness (QED) is 0.784. The van der Waals surface area contributed by atoms with Crippen LogP contribution in [0.25, 0.3) is 10.9 Å². The highest BCUT2D eigenvalue weighted by molar-refractivity contribution is 8.00. The van der Waals surface area contributed by atoms with Gasteiger partial charge in [0, 0.05) is 5.39 Å². The Kier molecular flexibility index (Phi) is 3.95. The molecule has 1 aromatic heterocycles. The van der Waals surface area contributed by atoms with E-state index in [1.165, 1.54) is 33.8 Å². The van der Waals surface area contributed by atoms with E-state index in [4.69, 9.17) is 4.98 Å². The molecular weight excluding hydrogens is 254 g/mol. The van der Waals surface area contributed by atoms with Gasteiger partial charge in [0.15, 0.2) is 0 Å². The van der Waals surface area contributed by atoms with Crippen LogP contribution in [0.3, 0.4) is 0 Å². The molecule has 2 aromatic rings. The summed E-state index contributed by atoms with van der Waals surface area (Å²) in [5, 5.41) is 2.09. The fourth-order valence-electron chi connectivity index (χ4n) is 2.14. The number of rotatable bonds is 3. The molecule has 0 fully saturated rings. The molecule has 0 aliphatic rings. The topological polar surface area (TPSA) is 30.0 Å². The lowest BCUT2D eigenvalue weighted by Crippen LogP contribution is -2.08. The van der Waals surface area contributed by atoms with E-state index in [0.29, 0.717) is 0 Å². The second-order valence-electron chi connectivity index (χ2n) is 5.13. The molecule has 0 N–H and O–H groups in total. The van der Waals surface area contributed by atoms with Crippen LogP contribution >= 0.6 is 11.8 Å². The van der Waals surface area contributed by atoms with E-state index in [-0.39, 0.29) is 11.0 Å². The third kappa shape index (κ3) is 2.98. The van der Waals surface area contributed by atoms with Crippen molar-refractivity contribution in [1.29, 1.82) is 0 Å². The number of hydrogen-bond acceptors (Lipinski definition) is 3. The van der Waals surface area contributed by atoms with E-state index in [2.05, 4.69) is 39.0 Å². The van der Waals surface area contributed by atoms with Gasteiger partial charge < -0.3 is 0 Å². The minimum atomic E-state index is -0.0462. The molecule has 0 spiro atoms. The fraction of sp³-hybridized carbons (Fsp3) is 0.375. The van der Waals surface area contributed by atoms with E-state index >= 15 is 0 Å². The molecule has 1 heterocycles. The van der Waals surface area contributed by atoms with Crippen molar-refractivity contribution in [2.75, 3.05) is 0 Å². The average molecular weight is 273 g/mol. The number of nitrogens with zero attached hydrogens (tertiary/aromatic N) is 1. The van der Waals surface area contributed by atoms with Crippen molar-refractivity contribution in [3.05, 3.63) is 34.9 Å². The summed E-state index contributed by atoms with van der Waals surface area (Å²) in [6.07, 6.45) is 0. The highest BCUT2D eigenvalue weighted by atomic mass is 32.2. The summed E-state index contributed by atoms with van der Waals surface area (Å²) >= 11 is 1.53. The number of Topliss-reactive ketones (excluding diaryl/α,β-unsaturated/α-hetero) is 1. The molecule has 100 valence electrons. The summed E-state index contributed by atoms with van der Waals surface area (Å²) in [5.41, 5.74) is 4.71. The van der Waals surface area contributed by atoms with Crippen LogP contribution in [0.5, 0.6) is 0 Å². The van der Waals surface area contributed by atoms with Gasteiger partial charge in [-0.2, -0.15) is 0 Å². The minimum Gasteiger partial charge on any atom is -0.299 e. The van der Waals surface area contributed by atoms with Crippen LogP contribution in [0.15, 0.2) is 23.2 Å². The lowest BCUT2D eigenvalue weighted by Gasteiger charge is -2.11. The largest absolute Gasteiger partial charge is 0.299 e. The molecule has 0 bridgehead atoms. The fourth-order valence-corrected chi connectivity index (χ4v) is 3.06. The van der Waals surface area contributed by atoms with Crippen molar-refractivity contribution in [3.63, 3.8) is 0 Å². The number of carbonyl (C=O) groups excluding carboxylic acids is 1. The van der Waals surface area contributed by atoms with Crippen LogP contribution in [0.2, 0.25) is 0 Å². The summed E-state index contributed by atoms with van der Waals surface area (Å²) in [6.45, 7) is 9.85. The van der Waals surface area contributed by atoms with E-state index in [9.17, 15) is 4.79 Å². The first kappa shape index (κ1) is 14.1. The van der Waals surface area contributed by atoms with Crippen LogP contribution in [0.4, 0.5) is 0 Å². The first-order chi connectivity index (χ1) is 8.88. The zero-order valence-electron chi connectivity index (χ0n) is 12.1. The van der Waals surface area contributed by atoms with Gasteiger partial charge in [0.2, 0.25) is 0 Å². The normalized spacial score (nSPS) is 12.7. The molecule has 19 heavy (non-hydrogen) atoms. The molecular formula is C16H19NOS. The molecule has 2 nitrogen and oxygen atoms in total. The Morgan fingerprint density at radius 3 is 2.47 bits per heavy atom. The third-order valence-electron chi connectivity index (χ3n) is 3.30. The number of fused-ring (bicyclic) bond motifs is 1. The van der Waals surface area contributed by atoms with Gasteiger partial charge in [-0.25, -0.2) is 4.98 Å². The van der Waals surface area contributed by atoms with Crippen molar-refractivity contribution in [3.8, 4) is 0 Å². The van der Waals surface area contributed by atoms with Crippen molar-refractivity contribution in [2.45, 2.75) is 44.9 Å². The van der Waals surface area contributed by atoms with Crippen LogP contribution < -0.4 is 0 Å². The summed E-state index contributed by atoms with van der Waals surface area (Å²) in [6, 6.07) is 6.40. The summed E-state index contributed by atoms with van der Waals surface area (Å²) in [5.74, 6) is 0.185. The smallest absolute Gasteiger partial charge is 0.142 e. The maximum Gasteiger partial charge on any atom is 0.142 e. The Balaban J connectivity index is 2.52. The Hall–Kier alpha value is -1.35. The molecule has 3 heteroatoms. The van der Waals surface area contributed by atoms with Crippen molar-refractivity contribution < 1.29 is 4.79 Å². The number of thioether (sulfide) groups is 1. The average Bonchev–Trinajstić information content (AvgIpc) is 2.30. The van der Waals surface area contributed by atoms with E-state index in [1.54, 1.807) is 6.92 Å². The molecule has 0 saturated carbocycles. The van der Waals surface area contributed by atoms with Crippen LogP contribution in [0, 0.1) is 20.8 Å². The highest BCUT2D eigenvalue weighted by Crippen LogP contribution is 2.29. The van der Waals surface area contributed by atoms with Crippen LogP contribution in [-0.2, 0) is 4.79 Å². The number of aromatic nitrogens is 1. The van der Waals surface area contributed by atoms with Gasteiger partial charge in [0.05, 0.1) is 15.8 Å². The zero-order valence-corrected chi connectivity index (χ0v) is 12.9. The van der Waals surface area contributed by atoms with Gasteiger partial charge >= 0.3 is 0 Å². The number of pyridine rings is 1. The minimum absolute atomic E-state index is 0.0462. The standard InChI is InChI=1S/C16H19NOS/c1-9-6-11(3)16-14(7-9)10(2)8-15(17-16)19-13(5)12(4)18/h6-8,13H,1-5H3. The molecule has 2 rings (SSSR count). The highest BCUT2D eigenvalue weighted by Gasteiger charge is 2.12. The number of ketones is 1. The van der Waals surface area contributed by atoms with E-state index in [1.807, 2.05) is 6.92 Å². The van der Waals surface area contributed by atoms with Gasteiger partial charge in [0.1, 0.15) is 5.78 Å². The Morgan fingerprint density at radius 2 is 1.84 bits per heavy atom. The van der Waals surface area contributed by atoms with Crippen molar-refractivity contribution in [2.24, 2.45) is 0 Å². The molecule has 0 aliphatic carbocycles. The van der Waals surface area contributed by atoms with Gasteiger partial charge in [-0.3, -0.25) is 4.79 Å². The van der Waals surface area contributed by atoms with Gasteiger partial charge in [-0.15, -0.1) is 0 Å². The van der Waals surface area contributed by atoms with Gasteiger partial charge in [0.25, 0.3) is 0 Å². The first-order valence-corrected chi connectivity index (χ1v) is 7.32. The van der Waals surface area contributed by atoms with Crippen LogP contribution in [0.1, 0.15) is 30.5 Å². The Bertz CT molecular complexity index is 649. The SMILES string of the molecule is CC(=O)C(C)Sc1cc(C)c2cc(C)cc(C)c2n1.